The molecule has 0 aromatic rings. The van der Waals surface area contributed by atoms with Gasteiger partial charge in [0.1, 0.15) is 0 Å². The molecule has 0 rings (SSSR count). The van der Waals surface area contributed by atoms with E-state index in [0.717, 1.165) is 0 Å². The molecular formula is H4AlCoLiNbNi. The van der Waals surface area contributed by atoms with Gasteiger partial charge < -0.3 is 0 Å². The Labute approximate surface area is 90.5 Å². The molecule has 0 spiro atoms. The molecule has 0 aliphatic rings. The number of rotatable bonds is 0. The van der Waals surface area contributed by atoms with Crippen LogP contribution in [0.5, 0.6) is 0 Å². The summed E-state index contributed by atoms with van der Waals surface area (Å²) < 4.78 is 0. The molecule has 0 aromatic carbocycles. The molecule has 5 heavy (non-hydrogen) atoms. The smallest absolute Gasteiger partial charge is 0 e. The summed E-state index contributed by atoms with van der Waals surface area (Å²) >= 11 is 0. The van der Waals surface area contributed by atoms with Crippen molar-refractivity contribution in [3.63, 3.8) is 0 Å². The van der Waals surface area contributed by atoms with E-state index in [1.54, 1.807) is 0 Å². The van der Waals surface area contributed by atoms with Gasteiger partial charge >= 0.3 is 18.9 Å². The van der Waals surface area contributed by atoms with E-state index < -0.39 is 0 Å². The fourth-order valence-electron chi connectivity index (χ4n) is 0. The first-order valence-electron chi connectivity index (χ1n) is 0. The van der Waals surface area contributed by atoms with Gasteiger partial charge in [-0.3, -0.25) is 0 Å². The van der Waals surface area contributed by atoms with Crippen molar-refractivity contribution < 1.29 is 55.7 Å². The molecule has 0 saturated carbocycles. The number of hydrogen-bond donors (Lipinski definition) is 0. The van der Waals surface area contributed by atoms with Gasteiger partial charge in [-0.05, 0) is 0 Å². The van der Waals surface area contributed by atoms with E-state index in [2.05, 4.69) is 0 Å². The molecule has 5 heteroatoms. The SMILES string of the molecule is [AlH3].[Co].[LiH].[Nb].[Ni]. The summed E-state index contributed by atoms with van der Waals surface area (Å²) in [6.07, 6.45) is 0. The van der Waals surface area contributed by atoms with E-state index >= 15 is 0 Å². The van der Waals surface area contributed by atoms with Crippen molar-refractivity contribution in [2.45, 2.75) is 0 Å². The molecule has 0 N–H and O–H groups in total. The van der Waals surface area contributed by atoms with Crippen molar-refractivity contribution in [1.82, 2.24) is 0 Å². The van der Waals surface area contributed by atoms with Gasteiger partial charge in [-0.25, -0.2) is 0 Å². The first kappa shape index (κ1) is 45.1. The van der Waals surface area contributed by atoms with Gasteiger partial charge in [0, 0.05) is 55.7 Å². The Balaban J connectivity index is 0. The predicted octanol–water partition coefficient (Wildman–Crippen LogP) is -1.84. The summed E-state index contributed by atoms with van der Waals surface area (Å²) in [5.74, 6) is 0. The van der Waals surface area contributed by atoms with Crippen LogP contribution >= 0.6 is 0 Å². The van der Waals surface area contributed by atoms with Gasteiger partial charge in [0.05, 0.1) is 0 Å². The molecule has 0 aliphatic heterocycles. The van der Waals surface area contributed by atoms with E-state index in [1.807, 2.05) is 0 Å². The Morgan fingerprint density at radius 3 is 1.00 bits per heavy atom. The Morgan fingerprint density at radius 2 is 1.00 bits per heavy atom. The molecule has 0 saturated heterocycles. The predicted molar refractivity (Wildman–Crippen MR) is 17.1 cm³/mol. The van der Waals surface area contributed by atoms with Crippen molar-refractivity contribution in [3.05, 3.63) is 0 Å². The van der Waals surface area contributed by atoms with Gasteiger partial charge in [-0.15, -0.1) is 0 Å². The van der Waals surface area contributed by atoms with Gasteiger partial charge in [0.2, 0.25) is 0 Å². The monoisotopic (exact) mass is 248 g/mol. The van der Waals surface area contributed by atoms with Crippen LogP contribution in [-0.4, -0.2) is 36.2 Å². The Hall–Kier alpha value is 2.87. The molecule has 2 radical (unpaired) electrons. The fourth-order valence-corrected chi connectivity index (χ4v) is 0. The quantitative estimate of drug-likeness (QED) is 0.442. The van der Waals surface area contributed by atoms with E-state index in [4.69, 9.17) is 0 Å². The minimum Gasteiger partial charge on any atom is 0 e. The first-order valence-corrected chi connectivity index (χ1v) is 0. The van der Waals surface area contributed by atoms with Crippen LogP contribution in [0.15, 0.2) is 0 Å². The zero-order chi connectivity index (χ0) is 0. The zero-order valence-electron chi connectivity index (χ0n) is 1.10. The molecule has 0 aromatic heterocycles. The average molecular weight is 248 g/mol. The summed E-state index contributed by atoms with van der Waals surface area (Å²) in [5.41, 5.74) is 0. The van der Waals surface area contributed by atoms with Crippen molar-refractivity contribution in [2.24, 2.45) is 0 Å². The second-order valence-electron chi connectivity index (χ2n) is 0. The third-order valence-electron chi connectivity index (χ3n) is 0. The third-order valence-corrected chi connectivity index (χ3v) is 0. The van der Waals surface area contributed by atoms with E-state index in [0.29, 0.717) is 0 Å². The van der Waals surface area contributed by atoms with Crippen LogP contribution in [0.25, 0.3) is 0 Å². The van der Waals surface area contributed by atoms with Crippen molar-refractivity contribution in [3.8, 4) is 0 Å². The van der Waals surface area contributed by atoms with Gasteiger partial charge in [0.25, 0.3) is 0 Å². The van der Waals surface area contributed by atoms with Gasteiger partial charge in [0.15, 0.2) is 17.4 Å². The maximum absolute atomic E-state index is 0. The van der Waals surface area contributed by atoms with Crippen molar-refractivity contribution in [2.75, 3.05) is 0 Å². The van der Waals surface area contributed by atoms with E-state index in [9.17, 15) is 0 Å². The molecular weight excluding hydrogens is 244 g/mol. The molecule has 0 amide bonds. The van der Waals surface area contributed by atoms with Crippen LogP contribution < -0.4 is 0 Å². The first-order chi connectivity index (χ1) is 0. The topological polar surface area (TPSA) is 0 Å². The second kappa shape index (κ2) is 28.7. The summed E-state index contributed by atoms with van der Waals surface area (Å²) in [7, 11) is 0. The van der Waals surface area contributed by atoms with Crippen molar-refractivity contribution in [1.29, 1.82) is 0 Å². The molecule has 0 fully saturated rings. The molecule has 0 bridgehead atoms. The minimum absolute atomic E-state index is 0. The van der Waals surface area contributed by atoms with Crippen LogP contribution in [0, 0.1) is 0 Å². The van der Waals surface area contributed by atoms with E-state index in [1.165, 1.54) is 0 Å². The molecule has 0 aliphatic carbocycles. The van der Waals surface area contributed by atoms with Crippen LogP contribution in [-0.2, 0) is 55.7 Å². The minimum atomic E-state index is 0. The second-order valence-corrected chi connectivity index (χ2v) is 0. The van der Waals surface area contributed by atoms with Gasteiger partial charge in [-0.1, -0.05) is 0 Å². The largest absolute Gasteiger partial charge is 0 e. The molecule has 0 unspecified atom stereocenters. The molecule has 0 nitrogen and oxygen atoms in total. The van der Waals surface area contributed by atoms with Crippen LogP contribution in [0.1, 0.15) is 0 Å². The summed E-state index contributed by atoms with van der Waals surface area (Å²) in [6.45, 7) is 0. The van der Waals surface area contributed by atoms with Crippen LogP contribution in [0.3, 0.4) is 0 Å². The standard InChI is InChI=1S/Al.Co.Li.Nb.Ni.4H. The average Bonchev–Trinajstić information content (AvgIpc) is 0. The van der Waals surface area contributed by atoms with Gasteiger partial charge in [-0.2, -0.15) is 0 Å². The summed E-state index contributed by atoms with van der Waals surface area (Å²) in [6, 6.07) is 0. The van der Waals surface area contributed by atoms with E-state index in [-0.39, 0.29) is 91.9 Å². The fraction of sp³-hybridized carbons (Fsp3) is 0. The normalized spacial score (nSPS) is 0. The maximum atomic E-state index is 0. The molecule has 32 valence electrons. The Bertz CT molecular complexity index is 11.6. The van der Waals surface area contributed by atoms with Crippen LogP contribution in [0.4, 0.5) is 0 Å². The number of hydrogen-bond acceptors (Lipinski definition) is 0. The third kappa shape index (κ3) is 19.8. The van der Waals surface area contributed by atoms with Crippen LogP contribution in [0.2, 0.25) is 0 Å². The van der Waals surface area contributed by atoms with Crippen molar-refractivity contribution >= 4 is 36.2 Å². The molecule has 0 heterocycles. The maximum Gasteiger partial charge on any atom is 0 e. The summed E-state index contributed by atoms with van der Waals surface area (Å²) in [4.78, 5) is 0. The summed E-state index contributed by atoms with van der Waals surface area (Å²) in [5, 5.41) is 0. The molecule has 0 atom stereocenters. The zero-order valence-corrected chi connectivity index (χ0v) is 5.32. The Morgan fingerprint density at radius 1 is 1.00 bits per heavy atom. The Kier molecular flexibility index (Phi) is 259.